The zero-order valence-corrected chi connectivity index (χ0v) is 13.1. The van der Waals surface area contributed by atoms with Gasteiger partial charge >= 0.3 is 0 Å². The van der Waals surface area contributed by atoms with E-state index in [0.29, 0.717) is 29.1 Å². The molecule has 5 heteroatoms. The predicted molar refractivity (Wildman–Crippen MR) is 82.0 cm³/mol. The summed E-state index contributed by atoms with van der Waals surface area (Å²) in [6.07, 6.45) is 3.84. The van der Waals surface area contributed by atoms with Gasteiger partial charge < -0.3 is 15.2 Å². The fraction of sp³-hybridized carbons (Fsp3) is 0.667. The molecule has 112 valence electrons. The first-order chi connectivity index (χ1) is 9.56. The molecule has 0 radical (unpaired) electrons. The third-order valence-electron chi connectivity index (χ3n) is 4.25. The van der Waals surface area contributed by atoms with Crippen LogP contribution in [0, 0.1) is 11.8 Å². The van der Waals surface area contributed by atoms with Gasteiger partial charge in [-0.15, -0.1) is 0 Å². The number of aromatic nitrogens is 1. The summed E-state index contributed by atoms with van der Waals surface area (Å²) in [5, 5.41) is 0.627. The highest BCUT2D eigenvalue weighted by atomic mass is 35.5. The molecule has 0 aliphatic carbocycles. The summed E-state index contributed by atoms with van der Waals surface area (Å²) in [4.78, 5) is 14.6. The van der Waals surface area contributed by atoms with Crippen molar-refractivity contribution in [3.63, 3.8) is 0 Å². The molecule has 1 amide bonds. The number of nitrogens with zero attached hydrogens (tertiary/aromatic N) is 2. The Morgan fingerprint density at radius 2 is 2.30 bits per heavy atom. The first-order valence-corrected chi connectivity index (χ1v) is 7.79. The molecule has 4 nitrogen and oxygen atoms in total. The van der Waals surface area contributed by atoms with Crippen LogP contribution in [0.4, 0.5) is 0 Å². The summed E-state index contributed by atoms with van der Waals surface area (Å²) in [5.41, 5.74) is 6.51. The zero-order chi connectivity index (χ0) is 14.7. The van der Waals surface area contributed by atoms with E-state index in [9.17, 15) is 4.79 Å². The normalized spacial score (nSPS) is 23.1. The van der Waals surface area contributed by atoms with E-state index < -0.39 is 0 Å². The van der Waals surface area contributed by atoms with Crippen LogP contribution in [0.15, 0.2) is 12.3 Å². The fourth-order valence-electron chi connectivity index (χ4n) is 2.88. The standard InChI is InChI=1S/C15H24ClN3O/c1-3-5-18-10-13(16)7-14(18)15(20)19-6-4-11(2)12(8-17)9-19/h7,10-12H,3-6,8-9,17H2,1-2H3. The molecular weight excluding hydrogens is 274 g/mol. The molecule has 1 aromatic heterocycles. The van der Waals surface area contributed by atoms with Crippen LogP contribution in [-0.2, 0) is 6.54 Å². The van der Waals surface area contributed by atoms with E-state index in [4.69, 9.17) is 17.3 Å². The Hall–Kier alpha value is -1.00. The van der Waals surface area contributed by atoms with Crippen LogP contribution in [0.25, 0.3) is 0 Å². The molecule has 1 aliphatic heterocycles. The summed E-state index contributed by atoms with van der Waals surface area (Å²) in [7, 11) is 0. The number of halogens is 1. The van der Waals surface area contributed by atoms with E-state index >= 15 is 0 Å². The summed E-state index contributed by atoms with van der Waals surface area (Å²) in [6.45, 7) is 7.34. The number of aryl methyl sites for hydroxylation is 1. The first kappa shape index (κ1) is 15.4. The largest absolute Gasteiger partial charge is 0.342 e. The average molecular weight is 298 g/mol. The van der Waals surface area contributed by atoms with E-state index in [1.807, 2.05) is 15.7 Å². The number of rotatable bonds is 4. The number of carbonyl (C=O) groups excluding carboxylic acids is 1. The van der Waals surface area contributed by atoms with Gasteiger partial charge in [0.25, 0.3) is 5.91 Å². The van der Waals surface area contributed by atoms with Crippen LogP contribution in [0.5, 0.6) is 0 Å². The molecule has 2 unspecified atom stereocenters. The van der Waals surface area contributed by atoms with Gasteiger partial charge in [-0.2, -0.15) is 0 Å². The number of hydrogen-bond donors (Lipinski definition) is 1. The van der Waals surface area contributed by atoms with Gasteiger partial charge in [-0.3, -0.25) is 4.79 Å². The monoisotopic (exact) mass is 297 g/mol. The maximum atomic E-state index is 12.7. The lowest BCUT2D eigenvalue weighted by Gasteiger charge is -2.36. The summed E-state index contributed by atoms with van der Waals surface area (Å²) < 4.78 is 1.96. The third-order valence-corrected chi connectivity index (χ3v) is 4.46. The molecule has 0 saturated carbocycles. The number of amides is 1. The number of carbonyl (C=O) groups is 1. The molecule has 2 heterocycles. The van der Waals surface area contributed by atoms with Gasteiger partial charge in [0.1, 0.15) is 5.69 Å². The molecule has 1 aliphatic rings. The smallest absolute Gasteiger partial charge is 0.270 e. The van der Waals surface area contributed by atoms with Gasteiger partial charge in [-0.05, 0) is 37.3 Å². The fourth-order valence-corrected chi connectivity index (χ4v) is 3.10. The van der Waals surface area contributed by atoms with E-state index in [-0.39, 0.29) is 5.91 Å². The Morgan fingerprint density at radius 1 is 1.55 bits per heavy atom. The van der Waals surface area contributed by atoms with Gasteiger partial charge in [0, 0.05) is 25.8 Å². The lowest BCUT2D eigenvalue weighted by molar-refractivity contribution is 0.0607. The second kappa shape index (κ2) is 6.64. The van der Waals surface area contributed by atoms with Crippen molar-refractivity contribution in [2.45, 2.75) is 33.2 Å². The van der Waals surface area contributed by atoms with Crippen LogP contribution >= 0.6 is 11.6 Å². The topological polar surface area (TPSA) is 51.3 Å². The van der Waals surface area contributed by atoms with E-state index in [2.05, 4.69) is 13.8 Å². The van der Waals surface area contributed by atoms with Crippen molar-refractivity contribution in [2.75, 3.05) is 19.6 Å². The van der Waals surface area contributed by atoms with Crippen molar-refractivity contribution in [3.8, 4) is 0 Å². The van der Waals surface area contributed by atoms with Gasteiger partial charge in [-0.25, -0.2) is 0 Å². The highest BCUT2D eigenvalue weighted by molar-refractivity contribution is 6.31. The Morgan fingerprint density at radius 3 is 2.95 bits per heavy atom. The molecule has 2 rings (SSSR count). The van der Waals surface area contributed by atoms with Crippen LogP contribution in [0.3, 0.4) is 0 Å². The van der Waals surface area contributed by atoms with E-state index in [0.717, 1.165) is 32.5 Å². The maximum absolute atomic E-state index is 12.7. The zero-order valence-electron chi connectivity index (χ0n) is 12.3. The number of hydrogen-bond acceptors (Lipinski definition) is 2. The molecule has 0 aromatic carbocycles. The highest BCUT2D eigenvalue weighted by Crippen LogP contribution is 2.24. The molecule has 2 atom stereocenters. The maximum Gasteiger partial charge on any atom is 0.270 e. The molecule has 1 fully saturated rings. The second-order valence-electron chi connectivity index (χ2n) is 5.75. The van der Waals surface area contributed by atoms with E-state index in [1.165, 1.54) is 0 Å². The van der Waals surface area contributed by atoms with Crippen molar-refractivity contribution < 1.29 is 4.79 Å². The van der Waals surface area contributed by atoms with Crippen molar-refractivity contribution in [3.05, 3.63) is 23.0 Å². The van der Waals surface area contributed by atoms with Gasteiger partial charge in [-0.1, -0.05) is 25.4 Å². The Balaban J connectivity index is 2.15. The molecule has 0 bridgehead atoms. The Bertz CT molecular complexity index is 472. The SMILES string of the molecule is CCCn1cc(Cl)cc1C(=O)N1CCC(C)C(CN)C1. The molecule has 0 spiro atoms. The summed E-state index contributed by atoms with van der Waals surface area (Å²) >= 11 is 6.05. The number of piperidine rings is 1. The molecular formula is C15H24ClN3O. The molecule has 2 N–H and O–H groups in total. The van der Waals surface area contributed by atoms with Crippen molar-refractivity contribution in [1.29, 1.82) is 0 Å². The number of nitrogens with two attached hydrogens (primary N) is 1. The van der Waals surface area contributed by atoms with Crippen molar-refractivity contribution in [2.24, 2.45) is 17.6 Å². The third kappa shape index (κ3) is 3.18. The summed E-state index contributed by atoms with van der Waals surface area (Å²) in [6, 6.07) is 1.77. The minimum Gasteiger partial charge on any atom is -0.342 e. The number of likely N-dealkylation sites (tertiary alicyclic amines) is 1. The molecule has 1 aromatic rings. The lowest BCUT2D eigenvalue weighted by Crippen LogP contribution is -2.45. The average Bonchev–Trinajstić information content (AvgIpc) is 2.80. The van der Waals surface area contributed by atoms with Crippen LogP contribution in [0.2, 0.25) is 5.02 Å². The van der Waals surface area contributed by atoms with Crippen LogP contribution < -0.4 is 5.73 Å². The van der Waals surface area contributed by atoms with Crippen LogP contribution in [-0.4, -0.2) is 35.0 Å². The van der Waals surface area contributed by atoms with Gasteiger partial charge in [0.2, 0.25) is 0 Å². The Kier molecular flexibility index (Phi) is 5.11. The Labute approximate surface area is 125 Å². The molecule has 1 saturated heterocycles. The first-order valence-electron chi connectivity index (χ1n) is 7.41. The lowest BCUT2D eigenvalue weighted by atomic mass is 9.87. The highest BCUT2D eigenvalue weighted by Gasteiger charge is 2.29. The predicted octanol–water partition coefficient (Wildman–Crippen LogP) is 2.61. The van der Waals surface area contributed by atoms with Crippen molar-refractivity contribution in [1.82, 2.24) is 9.47 Å². The quantitative estimate of drug-likeness (QED) is 0.929. The van der Waals surface area contributed by atoms with Crippen LogP contribution in [0.1, 0.15) is 37.2 Å². The van der Waals surface area contributed by atoms with Gasteiger partial charge in [0.15, 0.2) is 0 Å². The minimum atomic E-state index is 0.0794. The van der Waals surface area contributed by atoms with Gasteiger partial charge in [0.05, 0.1) is 5.02 Å². The molecule has 20 heavy (non-hydrogen) atoms. The van der Waals surface area contributed by atoms with Crippen molar-refractivity contribution >= 4 is 17.5 Å². The van der Waals surface area contributed by atoms with E-state index in [1.54, 1.807) is 6.07 Å². The summed E-state index contributed by atoms with van der Waals surface area (Å²) in [5.74, 6) is 1.07. The second-order valence-corrected chi connectivity index (χ2v) is 6.19. The minimum absolute atomic E-state index is 0.0794.